The lowest BCUT2D eigenvalue weighted by Crippen LogP contribution is -2.18. The molecule has 0 spiro atoms. The van der Waals surface area contributed by atoms with Crippen molar-refractivity contribution in [3.8, 4) is 5.75 Å². The van der Waals surface area contributed by atoms with Crippen LogP contribution >= 0.6 is 43.2 Å². The number of rotatable bonds is 4. The first-order chi connectivity index (χ1) is 9.76. The highest BCUT2D eigenvalue weighted by Crippen LogP contribution is 2.37. The smallest absolute Gasteiger partial charge is 0.404 e. The van der Waals surface area contributed by atoms with E-state index in [2.05, 4.69) is 41.9 Å². The predicted molar refractivity (Wildman–Crippen MR) is 84.9 cm³/mol. The van der Waals surface area contributed by atoms with Crippen molar-refractivity contribution >= 4 is 48.9 Å². The molecule has 21 heavy (non-hydrogen) atoms. The molecule has 2 nitrogen and oxygen atoms in total. The molecule has 0 saturated heterocycles. The number of benzene rings is 1. The first kappa shape index (κ1) is 16.6. The van der Waals surface area contributed by atoms with Gasteiger partial charge in [0.2, 0.25) is 0 Å². The van der Waals surface area contributed by atoms with Crippen LogP contribution in [0.4, 0.5) is 18.9 Å². The molecule has 1 heterocycles. The topological polar surface area (TPSA) is 21.3 Å². The predicted octanol–water partition coefficient (Wildman–Crippen LogP) is 6.34. The molecule has 1 N–H and O–H groups in total. The van der Waals surface area contributed by atoms with Crippen molar-refractivity contribution < 1.29 is 17.9 Å². The Balaban J connectivity index is 2.25. The average molecular weight is 445 g/mol. The number of alkyl halides is 3. The van der Waals surface area contributed by atoms with Gasteiger partial charge in [-0.25, -0.2) is 0 Å². The molecule has 114 valence electrons. The Morgan fingerprint density at radius 1 is 1.24 bits per heavy atom. The number of hydrogen-bond acceptors (Lipinski definition) is 3. The summed E-state index contributed by atoms with van der Waals surface area (Å²) in [7, 11) is 0. The van der Waals surface area contributed by atoms with Crippen molar-refractivity contribution in [1.82, 2.24) is 0 Å². The van der Waals surface area contributed by atoms with E-state index in [9.17, 15) is 13.2 Å². The number of nitrogens with one attached hydrogen (secondary N) is 1. The van der Waals surface area contributed by atoms with Crippen LogP contribution in [0.25, 0.3) is 0 Å². The lowest BCUT2D eigenvalue weighted by molar-refractivity contribution is -0.274. The van der Waals surface area contributed by atoms with Gasteiger partial charge in [0.15, 0.2) is 5.75 Å². The Hall–Kier alpha value is -0.730. The second-order valence-corrected chi connectivity index (χ2v) is 6.90. The SMILES string of the molecule is CC(Nc1ccc(Br)cc1OC(F)(F)F)c1sccc1Br. The molecule has 0 aliphatic carbocycles. The van der Waals surface area contributed by atoms with Gasteiger partial charge in [0.05, 0.1) is 11.7 Å². The number of thiophene rings is 1. The van der Waals surface area contributed by atoms with Crippen molar-refractivity contribution in [2.45, 2.75) is 19.3 Å². The molecule has 2 aromatic rings. The summed E-state index contributed by atoms with van der Waals surface area (Å²) < 4.78 is 42.9. The molecular weight excluding hydrogens is 435 g/mol. The molecule has 0 aliphatic rings. The summed E-state index contributed by atoms with van der Waals surface area (Å²) in [4.78, 5) is 0.996. The maximum absolute atomic E-state index is 12.5. The van der Waals surface area contributed by atoms with Gasteiger partial charge < -0.3 is 10.1 Å². The molecule has 0 saturated carbocycles. The molecule has 0 bridgehead atoms. The van der Waals surface area contributed by atoms with Crippen molar-refractivity contribution in [3.63, 3.8) is 0 Å². The minimum absolute atomic E-state index is 0.156. The quantitative estimate of drug-likeness (QED) is 0.593. The maximum atomic E-state index is 12.5. The summed E-state index contributed by atoms with van der Waals surface area (Å²) in [5.74, 6) is -0.267. The third-order valence-electron chi connectivity index (χ3n) is 2.58. The van der Waals surface area contributed by atoms with Gasteiger partial charge >= 0.3 is 6.36 Å². The van der Waals surface area contributed by atoms with Crippen LogP contribution in [-0.2, 0) is 0 Å². The van der Waals surface area contributed by atoms with Gasteiger partial charge in [-0.05, 0) is 52.5 Å². The van der Waals surface area contributed by atoms with Crippen molar-refractivity contribution in [2.24, 2.45) is 0 Å². The molecule has 1 atom stereocenters. The second kappa shape index (κ2) is 6.58. The molecule has 8 heteroatoms. The Labute approximate surface area is 140 Å². The monoisotopic (exact) mass is 443 g/mol. The van der Waals surface area contributed by atoms with E-state index >= 15 is 0 Å². The van der Waals surface area contributed by atoms with Gasteiger partial charge in [-0.1, -0.05) is 15.9 Å². The third kappa shape index (κ3) is 4.62. The maximum Gasteiger partial charge on any atom is 0.573 e. The molecule has 2 rings (SSSR count). The molecule has 1 unspecified atom stereocenters. The Bertz CT molecular complexity index is 630. The summed E-state index contributed by atoms with van der Waals surface area (Å²) in [5, 5.41) is 4.95. The molecule has 1 aromatic heterocycles. The van der Waals surface area contributed by atoms with Crippen LogP contribution in [0.15, 0.2) is 38.6 Å². The van der Waals surface area contributed by atoms with E-state index < -0.39 is 6.36 Å². The molecule has 1 aromatic carbocycles. The molecule has 0 radical (unpaired) electrons. The Morgan fingerprint density at radius 3 is 2.52 bits per heavy atom. The van der Waals surface area contributed by atoms with E-state index in [1.165, 1.54) is 17.4 Å². The van der Waals surface area contributed by atoms with Crippen molar-refractivity contribution in [3.05, 3.63) is 43.5 Å². The largest absolute Gasteiger partial charge is 0.573 e. The average Bonchev–Trinajstić information content (AvgIpc) is 2.77. The Kier molecular flexibility index (Phi) is 5.21. The van der Waals surface area contributed by atoms with Crippen LogP contribution in [0.5, 0.6) is 5.75 Å². The molecule has 0 fully saturated rings. The fourth-order valence-corrected chi connectivity index (χ4v) is 3.80. The fraction of sp³-hybridized carbons (Fsp3) is 0.231. The first-order valence-corrected chi connectivity index (χ1v) is 8.27. The molecular formula is C13H10Br2F3NOS. The minimum atomic E-state index is -4.73. The number of ether oxygens (including phenoxy) is 1. The fourth-order valence-electron chi connectivity index (χ4n) is 1.74. The van der Waals surface area contributed by atoms with Gasteiger partial charge in [-0.15, -0.1) is 24.5 Å². The second-order valence-electron chi connectivity index (χ2n) is 4.19. The van der Waals surface area contributed by atoms with Gasteiger partial charge in [0, 0.05) is 13.8 Å². The third-order valence-corrected chi connectivity index (χ3v) is 5.13. The standard InChI is InChI=1S/C13H10Br2F3NOS/c1-7(12-9(15)4-5-21-12)19-10-3-2-8(14)6-11(10)20-13(16,17)18/h2-7,19H,1H3. The van der Waals surface area contributed by atoms with E-state index in [0.29, 0.717) is 4.47 Å². The number of halogens is 5. The zero-order chi connectivity index (χ0) is 15.6. The van der Waals surface area contributed by atoms with Crippen LogP contribution < -0.4 is 10.1 Å². The van der Waals surface area contributed by atoms with Crippen LogP contribution in [0.2, 0.25) is 0 Å². The van der Waals surface area contributed by atoms with E-state index in [-0.39, 0.29) is 17.5 Å². The van der Waals surface area contributed by atoms with E-state index in [4.69, 9.17) is 0 Å². The zero-order valence-corrected chi connectivity index (χ0v) is 14.7. The van der Waals surface area contributed by atoms with E-state index in [0.717, 1.165) is 9.35 Å². The summed E-state index contributed by atoms with van der Waals surface area (Å²) in [6.07, 6.45) is -4.73. The number of anilines is 1. The van der Waals surface area contributed by atoms with Crippen LogP contribution in [0, 0.1) is 0 Å². The van der Waals surface area contributed by atoms with Gasteiger partial charge in [-0.2, -0.15) is 0 Å². The van der Waals surface area contributed by atoms with Crippen LogP contribution in [-0.4, -0.2) is 6.36 Å². The van der Waals surface area contributed by atoms with Gasteiger partial charge in [0.25, 0.3) is 0 Å². The van der Waals surface area contributed by atoms with E-state index in [1.54, 1.807) is 12.1 Å². The normalized spacial score (nSPS) is 13.0. The van der Waals surface area contributed by atoms with Gasteiger partial charge in [-0.3, -0.25) is 0 Å². The van der Waals surface area contributed by atoms with Gasteiger partial charge in [0.1, 0.15) is 0 Å². The summed E-state index contributed by atoms with van der Waals surface area (Å²) in [6, 6.07) is 6.22. The van der Waals surface area contributed by atoms with E-state index in [1.807, 2.05) is 18.4 Å². The highest BCUT2D eigenvalue weighted by Gasteiger charge is 2.32. The van der Waals surface area contributed by atoms with Crippen molar-refractivity contribution in [2.75, 3.05) is 5.32 Å². The van der Waals surface area contributed by atoms with Crippen LogP contribution in [0.3, 0.4) is 0 Å². The summed E-state index contributed by atoms with van der Waals surface area (Å²) >= 11 is 8.07. The minimum Gasteiger partial charge on any atom is -0.404 e. The Morgan fingerprint density at radius 2 is 1.95 bits per heavy atom. The zero-order valence-electron chi connectivity index (χ0n) is 10.7. The van der Waals surface area contributed by atoms with Crippen LogP contribution in [0.1, 0.15) is 17.8 Å². The first-order valence-electron chi connectivity index (χ1n) is 5.81. The highest BCUT2D eigenvalue weighted by atomic mass is 79.9. The van der Waals surface area contributed by atoms with Crippen molar-refractivity contribution in [1.29, 1.82) is 0 Å². The summed E-state index contributed by atoms with van der Waals surface area (Å²) in [6.45, 7) is 1.87. The summed E-state index contributed by atoms with van der Waals surface area (Å²) in [5.41, 5.74) is 0.281. The lowest BCUT2D eigenvalue weighted by atomic mass is 10.2. The lowest BCUT2D eigenvalue weighted by Gasteiger charge is -2.19. The molecule has 0 amide bonds. The molecule has 0 aliphatic heterocycles. The highest BCUT2D eigenvalue weighted by molar-refractivity contribution is 9.10. The number of hydrogen-bond donors (Lipinski definition) is 1.